The molecule has 0 amide bonds. The van der Waals surface area contributed by atoms with Crippen LogP contribution in [0.25, 0.3) is 0 Å². The number of nitrogens with two attached hydrogens (primary N) is 1. The second-order valence-electron chi connectivity index (χ2n) is 6.52. The Morgan fingerprint density at radius 3 is 2.42 bits per heavy atom. The SMILES string of the molecule is COc1ccc(CNc2ncnc(NCCN3CCCCC3)c2N)cc1. The standard InChI is InChI=1S/C19H28N6O/c1-26-16-7-5-15(6-8-16)13-22-19-17(20)18(23-14-24-19)21-9-12-25-10-3-2-4-11-25/h5-8,14H,2-4,9-13,20H2,1H3,(H2,21,22,23,24). The van der Waals surface area contributed by atoms with Crippen molar-refractivity contribution in [2.45, 2.75) is 25.8 Å². The lowest BCUT2D eigenvalue weighted by molar-refractivity contribution is 0.237. The molecule has 0 unspecified atom stereocenters. The van der Waals surface area contributed by atoms with Gasteiger partial charge in [0, 0.05) is 19.6 Å². The molecule has 2 aromatic rings. The van der Waals surface area contributed by atoms with Gasteiger partial charge in [-0.1, -0.05) is 18.6 Å². The smallest absolute Gasteiger partial charge is 0.155 e. The van der Waals surface area contributed by atoms with Crippen molar-refractivity contribution in [3.8, 4) is 5.75 Å². The number of methoxy groups -OCH3 is 1. The van der Waals surface area contributed by atoms with E-state index >= 15 is 0 Å². The molecular weight excluding hydrogens is 328 g/mol. The number of rotatable bonds is 8. The molecule has 3 rings (SSSR count). The average Bonchev–Trinajstić information content (AvgIpc) is 2.69. The summed E-state index contributed by atoms with van der Waals surface area (Å²) in [6, 6.07) is 7.91. The Balaban J connectivity index is 1.52. The van der Waals surface area contributed by atoms with Gasteiger partial charge >= 0.3 is 0 Å². The van der Waals surface area contributed by atoms with E-state index in [0.717, 1.165) is 24.4 Å². The van der Waals surface area contributed by atoms with Gasteiger partial charge in [-0.2, -0.15) is 0 Å². The minimum absolute atomic E-state index is 0.555. The molecule has 0 saturated carbocycles. The predicted octanol–water partition coefficient (Wildman–Crippen LogP) is 2.58. The van der Waals surface area contributed by atoms with Gasteiger partial charge in [0.15, 0.2) is 11.6 Å². The molecular formula is C19H28N6O. The number of piperidine rings is 1. The molecule has 7 nitrogen and oxygen atoms in total. The van der Waals surface area contributed by atoms with Crippen molar-refractivity contribution in [1.29, 1.82) is 0 Å². The van der Waals surface area contributed by atoms with Crippen molar-refractivity contribution in [1.82, 2.24) is 14.9 Å². The van der Waals surface area contributed by atoms with Crippen LogP contribution in [0.2, 0.25) is 0 Å². The summed E-state index contributed by atoms with van der Waals surface area (Å²) in [6.45, 7) is 4.86. The normalized spacial score (nSPS) is 14.8. The highest BCUT2D eigenvalue weighted by Gasteiger charge is 2.11. The Labute approximate surface area is 155 Å². The highest BCUT2D eigenvalue weighted by molar-refractivity contribution is 5.73. The molecule has 1 aromatic carbocycles. The summed E-state index contributed by atoms with van der Waals surface area (Å²) >= 11 is 0. The largest absolute Gasteiger partial charge is 0.497 e. The van der Waals surface area contributed by atoms with Crippen LogP contribution in [0, 0.1) is 0 Å². The van der Waals surface area contributed by atoms with E-state index in [1.807, 2.05) is 24.3 Å². The van der Waals surface area contributed by atoms with Crippen molar-refractivity contribution in [3.63, 3.8) is 0 Å². The fourth-order valence-corrected chi connectivity index (χ4v) is 3.12. The molecule has 26 heavy (non-hydrogen) atoms. The molecule has 1 aromatic heterocycles. The third kappa shape index (κ3) is 4.98. The van der Waals surface area contributed by atoms with E-state index in [1.54, 1.807) is 7.11 Å². The Hall–Kier alpha value is -2.54. The van der Waals surface area contributed by atoms with Crippen LogP contribution < -0.4 is 21.1 Å². The lowest BCUT2D eigenvalue weighted by Gasteiger charge is -2.26. The van der Waals surface area contributed by atoms with E-state index in [0.29, 0.717) is 23.9 Å². The van der Waals surface area contributed by atoms with Crippen LogP contribution in [-0.2, 0) is 6.54 Å². The average molecular weight is 356 g/mol. The fraction of sp³-hybridized carbons (Fsp3) is 0.474. The van der Waals surface area contributed by atoms with Gasteiger partial charge in [-0.25, -0.2) is 9.97 Å². The van der Waals surface area contributed by atoms with Crippen LogP contribution in [0.15, 0.2) is 30.6 Å². The van der Waals surface area contributed by atoms with Gasteiger partial charge in [-0.15, -0.1) is 0 Å². The molecule has 4 N–H and O–H groups in total. The van der Waals surface area contributed by atoms with E-state index < -0.39 is 0 Å². The number of nitrogens with one attached hydrogen (secondary N) is 2. The van der Waals surface area contributed by atoms with Crippen LogP contribution in [0.1, 0.15) is 24.8 Å². The Morgan fingerprint density at radius 1 is 1.04 bits per heavy atom. The minimum atomic E-state index is 0.555. The van der Waals surface area contributed by atoms with Gasteiger partial charge in [0.2, 0.25) is 0 Å². The first-order valence-corrected chi connectivity index (χ1v) is 9.20. The maximum Gasteiger partial charge on any atom is 0.155 e. The molecule has 0 atom stereocenters. The zero-order chi connectivity index (χ0) is 18.2. The van der Waals surface area contributed by atoms with Crippen molar-refractivity contribution >= 4 is 17.3 Å². The first kappa shape index (κ1) is 18.3. The molecule has 0 aliphatic carbocycles. The van der Waals surface area contributed by atoms with E-state index in [9.17, 15) is 0 Å². The zero-order valence-corrected chi connectivity index (χ0v) is 15.4. The van der Waals surface area contributed by atoms with Crippen LogP contribution in [0.4, 0.5) is 17.3 Å². The monoisotopic (exact) mass is 356 g/mol. The predicted molar refractivity (Wildman–Crippen MR) is 106 cm³/mol. The topological polar surface area (TPSA) is 88.3 Å². The lowest BCUT2D eigenvalue weighted by Crippen LogP contribution is -2.33. The van der Waals surface area contributed by atoms with E-state index in [2.05, 4.69) is 25.5 Å². The minimum Gasteiger partial charge on any atom is -0.497 e. The van der Waals surface area contributed by atoms with E-state index in [1.165, 1.54) is 38.7 Å². The van der Waals surface area contributed by atoms with Crippen molar-refractivity contribution in [3.05, 3.63) is 36.2 Å². The number of benzene rings is 1. The molecule has 1 saturated heterocycles. The van der Waals surface area contributed by atoms with Crippen molar-refractivity contribution < 1.29 is 4.74 Å². The van der Waals surface area contributed by atoms with Crippen molar-refractivity contribution in [2.75, 3.05) is 49.7 Å². The highest BCUT2D eigenvalue weighted by Crippen LogP contribution is 2.23. The lowest BCUT2D eigenvalue weighted by atomic mass is 10.1. The maximum atomic E-state index is 6.23. The van der Waals surface area contributed by atoms with Crippen LogP contribution in [0.5, 0.6) is 5.75 Å². The number of hydrogen-bond acceptors (Lipinski definition) is 7. The third-order valence-electron chi connectivity index (χ3n) is 4.67. The summed E-state index contributed by atoms with van der Waals surface area (Å²) in [7, 11) is 1.66. The molecule has 1 aliphatic rings. The summed E-state index contributed by atoms with van der Waals surface area (Å²) in [4.78, 5) is 11.0. The second-order valence-corrected chi connectivity index (χ2v) is 6.52. The molecule has 140 valence electrons. The van der Waals surface area contributed by atoms with Crippen LogP contribution >= 0.6 is 0 Å². The summed E-state index contributed by atoms with van der Waals surface area (Å²) in [5, 5.41) is 6.62. The molecule has 1 fully saturated rings. The third-order valence-corrected chi connectivity index (χ3v) is 4.67. The number of hydrogen-bond donors (Lipinski definition) is 3. The Bertz CT molecular complexity index is 685. The Morgan fingerprint density at radius 2 is 1.73 bits per heavy atom. The zero-order valence-electron chi connectivity index (χ0n) is 15.4. The summed E-state index contributed by atoms with van der Waals surface area (Å²) in [5.74, 6) is 2.18. The molecule has 7 heteroatoms. The summed E-state index contributed by atoms with van der Waals surface area (Å²) in [5.41, 5.74) is 7.91. The van der Waals surface area contributed by atoms with Gasteiger partial charge < -0.3 is 26.0 Å². The fourth-order valence-electron chi connectivity index (χ4n) is 3.12. The number of likely N-dealkylation sites (tertiary alicyclic amines) is 1. The number of aromatic nitrogens is 2. The van der Waals surface area contributed by atoms with Gasteiger partial charge in [0.05, 0.1) is 7.11 Å². The molecule has 1 aliphatic heterocycles. The molecule has 0 bridgehead atoms. The van der Waals surface area contributed by atoms with Gasteiger partial charge in [-0.05, 0) is 43.6 Å². The van der Waals surface area contributed by atoms with Gasteiger partial charge in [0.1, 0.15) is 17.8 Å². The molecule has 0 spiro atoms. The second kappa shape index (κ2) is 9.24. The number of ether oxygens (including phenoxy) is 1. The van der Waals surface area contributed by atoms with Crippen LogP contribution in [0.3, 0.4) is 0 Å². The van der Waals surface area contributed by atoms with E-state index in [4.69, 9.17) is 10.5 Å². The summed E-state index contributed by atoms with van der Waals surface area (Å²) in [6.07, 6.45) is 5.49. The first-order chi connectivity index (χ1) is 12.8. The molecule has 0 radical (unpaired) electrons. The van der Waals surface area contributed by atoms with Crippen molar-refractivity contribution in [2.24, 2.45) is 0 Å². The van der Waals surface area contributed by atoms with E-state index in [-0.39, 0.29) is 0 Å². The van der Waals surface area contributed by atoms with Crippen LogP contribution in [-0.4, -0.2) is 48.2 Å². The Kier molecular flexibility index (Phi) is 6.49. The van der Waals surface area contributed by atoms with Gasteiger partial charge in [0.25, 0.3) is 0 Å². The summed E-state index contributed by atoms with van der Waals surface area (Å²) < 4.78 is 5.18. The highest BCUT2D eigenvalue weighted by atomic mass is 16.5. The quantitative estimate of drug-likeness (QED) is 0.670. The molecule has 2 heterocycles. The van der Waals surface area contributed by atoms with Gasteiger partial charge in [-0.3, -0.25) is 0 Å². The number of anilines is 3. The maximum absolute atomic E-state index is 6.23. The first-order valence-electron chi connectivity index (χ1n) is 9.20. The number of nitrogens with zero attached hydrogens (tertiary/aromatic N) is 3. The number of nitrogen functional groups attached to an aromatic ring is 1.